The van der Waals surface area contributed by atoms with Crippen LogP contribution in [0.1, 0.15) is 27.2 Å². The average Bonchev–Trinajstić information content (AvgIpc) is 3.08. The van der Waals surface area contributed by atoms with E-state index in [9.17, 15) is 13.2 Å². The van der Waals surface area contributed by atoms with Crippen molar-refractivity contribution in [2.24, 2.45) is 16.8 Å². The van der Waals surface area contributed by atoms with Gasteiger partial charge in [0.15, 0.2) is 15.8 Å². The zero-order valence-corrected chi connectivity index (χ0v) is 20.6. The summed E-state index contributed by atoms with van der Waals surface area (Å²) in [5, 5.41) is 3.32. The second kappa shape index (κ2) is 11.7. The Labute approximate surface area is 191 Å². The Hall–Kier alpha value is -1.36. The zero-order valence-electron chi connectivity index (χ0n) is 17.5. The van der Waals surface area contributed by atoms with Gasteiger partial charge in [0.1, 0.15) is 0 Å². The molecule has 0 bridgehead atoms. The summed E-state index contributed by atoms with van der Waals surface area (Å²) in [5.41, 5.74) is 0. The van der Waals surface area contributed by atoms with E-state index in [1.165, 1.54) is 7.11 Å². The predicted octanol–water partition coefficient (Wildman–Crippen LogP) is 2.56. The predicted molar refractivity (Wildman–Crippen MR) is 125 cm³/mol. The van der Waals surface area contributed by atoms with Crippen molar-refractivity contribution >= 4 is 45.7 Å². The van der Waals surface area contributed by atoms with Crippen LogP contribution in [0.2, 0.25) is 0 Å². The molecule has 9 heteroatoms. The molecule has 1 aromatic rings. The number of halogens is 1. The number of esters is 1. The summed E-state index contributed by atoms with van der Waals surface area (Å²) in [6.07, 6.45) is 0.638. The number of hydrogen-bond donors (Lipinski definition) is 1. The third kappa shape index (κ3) is 6.84. The molecule has 0 aromatic heterocycles. The van der Waals surface area contributed by atoms with Crippen LogP contribution < -0.4 is 5.32 Å². The van der Waals surface area contributed by atoms with Crippen LogP contribution in [0.15, 0.2) is 40.2 Å². The fraction of sp³-hybridized carbons (Fsp3) is 0.600. The first-order valence-corrected chi connectivity index (χ1v) is 11.4. The first-order valence-electron chi connectivity index (χ1n) is 9.73. The molecule has 0 radical (unpaired) electrons. The smallest absolute Gasteiger partial charge is 0.310 e. The molecule has 3 atom stereocenters. The van der Waals surface area contributed by atoms with Crippen LogP contribution in [-0.4, -0.2) is 63.8 Å². The summed E-state index contributed by atoms with van der Waals surface area (Å²) in [4.78, 5) is 18.9. The maximum absolute atomic E-state index is 12.7. The molecule has 1 aromatic carbocycles. The van der Waals surface area contributed by atoms with E-state index in [1.54, 1.807) is 30.3 Å². The normalized spacial score (nSPS) is 20.7. The zero-order chi connectivity index (χ0) is 20.7. The van der Waals surface area contributed by atoms with Crippen molar-refractivity contribution in [2.75, 3.05) is 32.5 Å². The first kappa shape index (κ1) is 25.7. The Kier molecular flexibility index (Phi) is 10.4. The van der Waals surface area contributed by atoms with E-state index >= 15 is 0 Å². The van der Waals surface area contributed by atoms with Crippen LogP contribution in [0.25, 0.3) is 0 Å². The van der Waals surface area contributed by atoms with E-state index in [0.717, 1.165) is 0 Å². The number of aliphatic imine (C=N–C) groups is 1. The molecule has 0 aliphatic carbocycles. The lowest BCUT2D eigenvalue weighted by Crippen LogP contribution is -2.47. The van der Waals surface area contributed by atoms with Crippen LogP contribution in [0.3, 0.4) is 0 Å². The first-order chi connectivity index (χ1) is 13.3. The molecule has 0 saturated carbocycles. The van der Waals surface area contributed by atoms with Gasteiger partial charge in [0.25, 0.3) is 0 Å². The average molecular weight is 537 g/mol. The SMILES string of the molecule is CCN=C(NC(CC)CS(=O)(=O)c1ccccc1)N1CC(C)C(C(=O)OC)C1.I. The van der Waals surface area contributed by atoms with Crippen molar-refractivity contribution in [3.63, 3.8) is 0 Å². The molecule has 0 amide bonds. The molecule has 1 aliphatic rings. The van der Waals surface area contributed by atoms with Crippen LogP contribution in [0.5, 0.6) is 0 Å². The number of carbonyl (C=O) groups is 1. The van der Waals surface area contributed by atoms with Crippen molar-refractivity contribution < 1.29 is 17.9 Å². The van der Waals surface area contributed by atoms with Gasteiger partial charge in [-0.15, -0.1) is 24.0 Å². The molecule has 1 fully saturated rings. The number of nitrogens with zero attached hydrogens (tertiary/aromatic N) is 2. The van der Waals surface area contributed by atoms with Gasteiger partial charge in [-0.05, 0) is 31.4 Å². The Morgan fingerprint density at radius 3 is 2.48 bits per heavy atom. The Morgan fingerprint density at radius 1 is 1.28 bits per heavy atom. The summed E-state index contributed by atoms with van der Waals surface area (Å²) in [6, 6.07) is 8.21. The van der Waals surface area contributed by atoms with Crippen LogP contribution in [0, 0.1) is 11.8 Å². The van der Waals surface area contributed by atoms with Crippen molar-refractivity contribution in [2.45, 2.75) is 38.1 Å². The van der Waals surface area contributed by atoms with Gasteiger partial charge in [0.05, 0.1) is 23.7 Å². The monoisotopic (exact) mass is 537 g/mol. The maximum atomic E-state index is 12.7. The molecule has 7 nitrogen and oxygen atoms in total. The Balaban J connectivity index is 0.00000420. The molecule has 1 heterocycles. The van der Waals surface area contributed by atoms with Gasteiger partial charge in [-0.1, -0.05) is 32.0 Å². The number of likely N-dealkylation sites (tertiary alicyclic amines) is 1. The molecule has 2 rings (SSSR count). The summed E-state index contributed by atoms with van der Waals surface area (Å²) in [5.74, 6) is 0.354. The Morgan fingerprint density at radius 2 is 1.93 bits per heavy atom. The number of benzene rings is 1. The highest BCUT2D eigenvalue weighted by molar-refractivity contribution is 14.0. The summed E-state index contributed by atoms with van der Waals surface area (Å²) in [6.45, 7) is 7.65. The fourth-order valence-electron chi connectivity index (χ4n) is 3.42. The van der Waals surface area contributed by atoms with Crippen molar-refractivity contribution in [3.8, 4) is 0 Å². The molecule has 1 N–H and O–H groups in total. The number of sulfone groups is 1. The third-order valence-electron chi connectivity index (χ3n) is 5.07. The summed E-state index contributed by atoms with van der Waals surface area (Å²) in [7, 11) is -2.00. The quantitative estimate of drug-likeness (QED) is 0.249. The van der Waals surface area contributed by atoms with E-state index < -0.39 is 9.84 Å². The number of guanidine groups is 1. The van der Waals surface area contributed by atoms with Gasteiger partial charge in [0.2, 0.25) is 0 Å². The lowest BCUT2D eigenvalue weighted by Gasteiger charge is -2.26. The number of rotatable bonds is 7. The molecular weight excluding hydrogens is 505 g/mol. The lowest BCUT2D eigenvalue weighted by molar-refractivity contribution is -0.145. The van der Waals surface area contributed by atoms with Crippen molar-refractivity contribution in [1.82, 2.24) is 10.2 Å². The number of carbonyl (C=O) groups excluding carboxylic acids is 1. The minimum absolute atomic E-state index is 0. The van der Waals surface area contributed by atoms with E-state index in [4.69, 9.17) is 4.74 Å². The van der Waals surface area contributed by atoms with Crippen LogP contribution >= 0.6 is 24.0 Å². The second-order valence-electron chi connectivity index (χ2n) is 7.15. The van der Waals surface area contributed by atoms with Gasteiger partial charge >= 0.3 is 5.97 Å². The lowest BCUT2D eigenvalue weighted by atomic mass is 9.99. The van der Waals surface area contributed by atoms with E-state index in [-0.39, 0.29) is 53.6 Å². The van der Waals surface area contributed by atoms with E-state index in [2.05, 4.69) is 10.3 Å². The minimum atomic E-state index is -3.40. The van der Waals surface area contributed by atoms with Crippen LogP contribution in [0.4, 0.5) is 0 Å². The van der Waals surface area contributed by atoms with Gasteiger partial charge in [-0.2, -0.15) is 0 Å². The molecular formula is C20H32IN3O4S. The molecule has 3 unspecified atom stereocenters. The van der Waals surface area contributed by atoms with Gasteiger partial charge in [-0.3, -0.25) is 9.79 Å². The summed E-state index contributed by atoms with van der Waals surface area (Å²) >= 11 is 0. The highest BCUT2D eigenvalue weighted by Gasteiger charge is 2.37. The largest absolute Gasteiger partial charge is 0.469 e. The van der Waals surface area contributed by atoms with Crippen molar-refractivity contribution in [1.29, 1.82) is 0 Å². The number of hydrogen-bond acceptors (Lipinski definition) is 5. The molecule has 1 aliphatic heterocycles. The van der Waals surface area contributed by atoms with Crippen LogP contribution in [-0.2, 0) is 19.4 Å². The van der Waals surface area contributed by atoms with Gasteiger partial charge in [-0.25, -0.2) is 8.42 Å². The highest BCUT2D eigenvalue weighted by atomic mass is 127. The second-order valence-corrected chi connectivity index (χ2v) is 9.19. The van der Waals surface area contributed by atoms with Gasteiger partial charge in [0, 0.05) is 25.7 Å². The van der Waals surface area contributed by atoms with Gasteiger partial charge < -0.3 is 15.0 Å². The maximum Gasteiger partial charge on any atom is 0.310 e. The molecule has 29 heavy (non-hydrogen) atoms. The number of ether oxygens (including phenoxy) is 1. The standard InChI is InChI=1S/C20H31N3O4S.HI/c1-5-16(14-28(25,26)17-10-8-7-9-11-17)22-20(21-6-2)23-12-15(3)18(13-23)19(24)27-4;/h7-11,15-16,18H,5-6,12-14H2,1-4H3,(H,21,22);1H. The molecule has 1 saturated heterocycles. The van der Waals surface area contributed by atoms with E-state index in [1.807, 2.05) is 25.7 Å². The topological polar surface area (TPSA) is 88.1 Å². The number of nitrogens with one attached hydrogen (secondary N) is 1. The van der Waals surface area contributed by atoms with Crippen molar-refractivity contribution in [3.05, 3.63) is 30.3 Å². The number of methoxy groups -OCH3 is 1. The third-order valence-corrected chi connectivity index (χ3v) is 6.90. The van der Waals surface area contributed by atoms with E-state index in [0.29, 0.717) is 36.9 Å². The fourth-order valence-corrected chi connectivity index (χ4v) is 5.03. The summed E-state index contributed by atoms with van der Waals surface area (Å²) < 4.78 is 30.4. The minimum Gasteiger partial charge on any atom is -0.469 e. The molecule has 164 valence electrons. The molecule has 0 spiro atoms. The Bertz CT molecular complexity index is 786. The highest BCUT2D eigenvalue weighted by Crippen LogP contribution is 2.24.